The monoisotopic (exact) mass is 503 g/mol. The number of piperazine rings is 1. The van der Waals surface area contributed by atoms with E-state index in [-0.39, 0.29) is 36.9 Å². The Kier molecular flexibility index (Phi) is 8.61. The minimum atomic E-state index is -0.600. The summed E-state index contributed by atoms with van der Waals surface area (Å²) in [5, 5.41) is 6.37. The van der Waals surface area contributed by atoms with Gasteiger partial charge in [0.15, 0.2) is 0 Å². The van der Waals surface area contributed by atoms with Crippen molar-refractivity contribution in [1.82, 2.24) is 25.1 Å². The second kappa shape index (κ2) is 12.1. The summed E-state index contributed by atoms with van der Waals surface area (Å²) in [6.07, 6.45) is 2.35. The summed E-state index contributed by atoms with van der Waals surface area (Å²) < 4.78 is 0. The lowest BCUT2D eigenvalue weighted by atomic mass is 9.96. The van der Waals surface area contributed by atoms with Crippen LogP contribution in [-0.2, 0) is 22.6 Å². The van der Waals surface area contributed by atoms with Gasteiger partial charge in [-0.15, -0.1) is 6.58 Å². The molecule has 2 fully saturated rings. The number of amides is 4. The van der Waals surface area contributed by atoms with Gasteiger partial charge >= 0.3 is 6.03 Å². The normalized spacial score (nSPS) is 20.2. The van der Waals surface area contributed by atoms with Crippen molar-refractivity contribution in [3.05, 3.63) is 84.4 Å². The van der Waals surface area contributed by atoms with Gasteiger partial charge in [-0.2, -0.15) is 0 Å². The molecular weight excluding hydrogens is 466 g/mol. The summed E-state index contributed by atoms with van der Waals surface area (Å²) in [7, 11) is 0. The first-order valence-electron chi connectivity index (χ1n) is 13.0. The third-order valence-electron chi connectivity index (χ3n) is 6.87. The zero-order chi connectivity index (χ0) is 26.4. The Morgan fingerprint density at radius 2 is 1.70 bits per heavy atom. The summed E-state index contributed by atoms with van der Waals surface area (Å²) in [6, 6.07) is 18.9. The minimum Gasteiger partial charge on any atom is -0.337 e. The molecular formula is C29H37N5O3. The quantitative estimate of drug-likeness (QED) is 0.533. The first-order chi connectivity index (χ1) is 17.9. The van der Waals surface area contributed by atoms with E-state index in [0.29, 0.717) is 32.5 Å². The highest BCUT2D eigenvalue weighted by Crippen LogP contribution is 2.29. The number of urea groups is 1. The fraction of sp³-hybridized carbons (Fsp3) is 0.414. The number of nitrogens with one attached hydrogen (secondary N) is 1. The van der Waals surface area contributed by atoms with E-state index in [9.17, 15) is 14.4 Å². The fourth-order valence-corrected chi connectivity index (χ4v) is 5.14. The van der Waals surface area contributed by atoms with E-state index < -0.39 is 12.2 Å². The van der Waals surface area contributed by atoms with Crippen LogP contribution in [0.1, 0.15) is 31.4 Å². The summed E-state index contributed by atoms with van der Waals surface area (Å²) >= 11 is 0. The van der Waals surface area contributed by atoms with Crippen LogP contribution in [0.5, 0.6) is 0 Å². The third-order valence-corrected chi connectivity index (χ3v) is 6.87. The van der Waals surface area contributed by atoms with Crippen molar-refractivity contribution < 1.29 is 14.4 Å². The molecule has 1 N–H and O–H groups in total. The molecule has 2 aromatic rings. The predicted octanol–water partition coefficient (Wildman–Crippen LogP) is 3.27. The molecule has 2 atom stereocenters. The van der Waals surface area contributed by atoms with Gasteiger partial charge in [-0.3, -0.25) is 9.59 Å². The fourth-order valence-electron chi connectivity index (χ4n) is 5.14. The molecule has 4 rings (SSSR count). The topological polar surface area (TPSA) is 76.2 Å². The number of hydrazine groups is 1. The summed E-state index contributed by atoms with van der Waals surface area (Å²) in [4.78, 5) is 44.2. The maximum Gasteiger partial charge on any atom is 0.334 e. The SMILES string of the molecule is C=CCN1CC(=O)N2[C@@H](CC(C)C)C(=O)N(CCc3ccccc3)C[C@@H]2N1C(=O)NCc1ccccc1. The number of carbonyl (C=O) groups excluding carboxylic acids is 3. The molecule has 0 aromatic heterocycles. The Labute approximate surface area is 219 Å². The maximum absolute atomic E-state index is 13.7. The largest absolute Gasteiger partial charge is 0.337 e. The number of nitrogens with zero attached hydrogens (tertiary/aromatic N) is 4. The number of fused-ring (bicyclic) bond motifs is 1. The van der Waals surface area contributed by atoms with Gasteiger partial charge in [-0.05, 0) is 29.9 Å². The van der Waals surface area contributed by atoms with Crippen molar-refractivity contribution in [2.75, 3.05) is 26.2 Å². The van der Waals surface area contributed by atoms with Crippen LogP contribution in [0.3, 0.4) is 0 Å². The summed E-state index contributed by atoms with van der Waals surface area (Å²) in [5.74, 6) is 0.0275. The molecule has 0 spiro atoms. The van der Waals surface area contributed by atoms with Gasteiger partial charge < -0.3 is 15.1 Å². The number of hydrogen-bond donors (Lipinski definition) is 1. The Hall–Kier alpha value is -3.65. The molecule has 2 aromatic carbocycles. The highest BCUT2D eigenvalue weighted by Gasteiger charge is 2.51. The van der Waals surface area contributed by atoms with E-state index in [1.807, 2.05) is 79.4 Å². The first-order valence-corrected chi connectivity index (χ1v) is 13.0. The van der Waals surface area contributed by atoms with Crippen molar-refractivity contribution in [1.29, 1.82) is 0 Å². The highest BCUT2D eigenvalue weighted by atomic mass is 16.2. The van der Waals surface area contributed by atoms with E-state index in [1.165, 1.54) is 0 Å². The van der Waals surface area contributed by atoms with Crippen molar-refractivity contribution in [3.63, 3.8) is 0 Å². The molecule has 8 nitrogen and oxygen atoms in total. The molecule has 2 heterocycles. The highest BCUT2D eigenvalue weighted by molar-refractivity contribution is 5.91. The van der Waals surface area contributed by atoms with Crippen LogP contribution in [0.4, 0.5) is 4.79 Å². The van der Waals surface area contributed by atoms with Gasteiger partial charge in [-0.25, -0.2) is 14.8 Å². The maximum atomic E-state index is 13.7. The molecule has 2 aliphatic heterocycles. The summed E-state index contributed by atoms with van der Waals surface area (Å²) in [5.41, 5.74) is 2.13. The number of carbonyl (C=O) groups is 3. The van der Waals surface area contributed by atoms with Crippen LogP contribution in [0.15, 0.2) is 73.3 Å². The molecule has 0 saturated carbocycles. The van der Waals surface area contributed by atoms with Gasteiger partial charge in [0.2, 0.25) is 11.8 Å². The van der Waals surface area contributed by atoms with E-state index in [1.54, 1.807) is 21.0 Å². The lowest BCUT2D eigenvalue weighted by molar-refractivity contribution is -0.190. The molecule has 2 aliphatic rings. The van der Waals surface area contributed by atoms with Crippen LogP contribution in [0.25, 0.3) is 0 Å². The molecule has 0 bridgehead atoms. The Bertz CT molecular complexity index is 1090. The number of benzene rings is 2. The minimum absolute atomic E-state index is 0.0210. The molecule has 4 amide bonds. The Morgan fingerprint density at radius 1 is 1.05 bits per heavy atom. The van der Waals surface area contributed by atoms with E-state index >= 15 is 0 Å². The molecule has 0 aliphatic carbocycles. The molecule has 0 radical (unpaired) electrons. The molecule has 8 heteroatoms. The first kappa shape index (κ1) is 26.4. The van der Waals surface area contributed by atoms with Crippen LogP contribution in [0, 0.1) is 5.92 Å². The number of hydrogen-bond acceptors (Lipinski definition) is 4. The van der Waals surface area contributed by atoms with E-state index in [4.69, 9.17) is 0 Å². The average Bonchev–Trinajstić information content (AvgIpc) is 2.89. The lowest BCUT2D eigenvalue weighted by Crippen LogP contribution is -2.76. The van der Waals surface area contributed by atoms with E-state index in [2.05, 4.69) is 11.9 Å². The van der Waals surface area contributed by atoms with Crippen molar-refractivity contribution in [2.24, 2.45) is 5.92 Å². The summed E-state index contributed by atoms with van der Waals surface area (Å²) in [6.45, 7) is 9.45. The lowest BCUT2D eigenvalue weighted by Gasteiger charge is -2.55. The Balaban J connectivity index is 1.61. The third kappa shape index (κ3) is 6.20. The van der Waals surface area contributed by atoms with Gasteiger partial charge in [0.05, 0.1) is 13.1 Å². The van der Waals surface area contributed by atoms with Gasteiger partial charge in [-0.1, -0.05) is 80.6 Å². The zero-order valence-corrected chi connectivity index (χ0v) is 21.8. The van der Waals surface area contributed by atoms with Crippen LogP contribution < -0.4 is 5.32 Å². The van der Waals surface area contributed by atoms with Gasteiger partial charge in [0.25, 0.3) is 0 Å². The van der Waals surface area contributed by atoms with Crippen molar-refractivity contribution in [3.8, 4) is 0 Å². The number of rotatable bonds is 9. The van der Waals surface area contributed by atoms with Crippen molar-refractivity contribution in [2.45, 2.75) is 45.4 Å². The van der Waals surface area contributed by atoms with Crippen LogP contribution >= 0.6 is 0 Å². The standard InChI is InChI=1S/C29H37N5O3/c1-4-16-32-21-27(35)33-25(18-22(2)3)28(36)31(17-15-23-11-7-5-8-12-23)20-26(33)34(32)29(37)30-19-24-13-9-6-10-14-24/h4-14,22,25-26H,1,15-21H2,2-3H3,(H,30,37)/t25-,26-/m0/s1. The van der Waals surface area contributed by atoms with Gasteiger partial charge in [0.1, 0.15) is 12.2 Å². The second-order valence-electron chi connectivity index (χ2n) is 10.1. The molecule has 0 unspecified atom stereocenters. The van der Waals surface area contributed by atoms with Crippen LogP contribution in [-0.4, -0.2) is 76.0 Å². The van der Waals surface area contributed by atoms with Crippen LogP contribution in [0.2, 0.25) is 0 Å². The molecule has 196 valence electrons. The average molecular weight is 504 g/mol. The second-order valence-corrected chi connectivity index (χ2v) is 10.1. The smallest absolute Gasteiger partial charge is 0.334 e. The zero-order valence-electron chi connectivity index (χ0n) is 21.8. The van der Waals surface area contributed by atoms with E-state index in [0.717, 1.165) is 11.1 Å². The molecule has 37 heavy (non-hydrogen) atoms. The molecule has 2 saturated heterocycles. The predicted molar refractivity (Wildman–Crippen MR) is 143 cm³/mol. The van der Waals surface area contributed by atoms with Gasteiger partial charge in [0, 0.05) is 19.6 Å². The Morgan fingerprint density at radius 3 is 2.32 bits per heavy atom. The van der Waals surface area contributed by atoms with Crippen molar-refractivity contribution >= 4 is 17.8 Å².